The van der Waals surface area contributed by atoms with Crippen LogP contribution in [0.5, 0.6) is 0 Å². The van der Waals surface area contributed by atoms with Crippen LogP contribution in [-0.4, -0.2) is 28.0 Å². The van der Waals surface area contributed by atoms with Crippen LogP contribution in [0.4, 0.5) is 0 Å². The second-order valence-corrected chi connectivity index (χ2v) is 6.54. The molecule has 0 radical (unpaired) electrons. The second kappa shape index (κ2) is 7.68. The standard InChI is InChI=1S/C20H22N2O4/c1-20(2)25-14-17(26-20)9-6-12-22-13-16(18(23)21-19(22)24)11-10-15-7-4-3-5-8-15/h3-11,13,17H,12,14H2,1-2H3,(H,21,23,24)/b9-6+,11-10+. The third-order valence-corrected chi connectivity index (χ3v) is 3.98. The van der Waals surface area contributed by atoms with Crippen LogP contribution in [0.3, 0.4) is 0 Å². The molecule has 1 fully saturated rings. The lowest BCUT2D eigenvalue weighted by Gasteiger charge is -2.15. The Morgan fingerprint density at radius 2 is 2.00 bits per heavy atom. The highest BCUT2D eigenvalue weighted by Gasteiger charge is 2.30. The number of ether oxygens (including phenoxy) is 2. The van der Waals surface area contributed by atoms with Crippen molar-refractivity contribution in [2.45, 2.75) is 32.3 Å². The minimum Gasteiger partial charge on any atom is -0.347 e. The van der Waals surface area contributed by atoms with Gasteiger partial charge in [-0.3, -0.25) is 14.3 Å². The number of nitrogens with one attached hydrogen (secondary N) is 1. The lowest BCUT2D eigenvalue weighted by Crippen LogP contribution is -2.30. The van der Waals surface area contributed by atoms with E-state index in [1.54, 1.807) is 12.3 Å². The molecule has 0 saturated carbocycles. The van der Waals surface area contributed by atoms with Gasteiger partial charge in [-0.05, 0) is 25.5 Å². The molecular weight excluding hydrogens is 332 g/mol. The summed E-state index contributed by atoms with van der Waals surface area (Å²) in [5.41, 5.74) is 0.547. The van der Waals surface area contributed by atoms with Crippen molar-refractivity contribution in [2.75, 3.05) is 6.61 Å². The number of aromatic nitrogens is 2. The molecule has 6 heteroatoms. The van der Waals surface area contributed by atoms with Gasteiger partial charge < -0.3 is 9.47 Å². The Hall–Kier alpha value is -2.70. The van der Waals surface area contributed by atoms with Crippen molar-refractivity contribution in [3.8, 4) is 0 Å². The van der Waals surface area contributed by atoms with Crippen LogP contribution in [0, 0.1) is 0 Å². The minimum absolute atomic E-state index is 0.138. The van der Waals surface area contributed by atoms with Gasteiger partial charge in [0.1, 0.15) is 6.10 Å². The van der Waals surface area contributed by atoms with Gasteiger partial charge in [-0.1, -0.05) is 48.6 Å². The SMILES string of the molecule is CC1(C)OCC(/C=C/Cn2cc(/C=C/c3ccccc3)c(=O)[nH]c2=O)O1. The summed E-state index contributed by atoms with van der Waals surface area (Å²) in [6.07, 6.45) is 8.65. The van der Waals surface area contributed by atoms with Crippen molar-refractivity contribution < 1.29 is 9.47 Å². The number of benzene rings is 1. The van der Waals surface area contributed by atoms with Crippen LogP contribution in [0.15, 0.2) is 58.3 Å². The van der Waals surface area contributed by atoms with Crippen molar-refractivity contribution >= 4 is 12.2 Å². The first-order valence-electron chi connectivity index (χ1n) is 8.48. The molecule has 1 atom stereocenters. The zero-order valence-electron chi connectivity index (χ0n) is 14.8. The summed E-state index contributed by atoms with van der Waals surface area (Å²) >= 11 is 0. The van der Waals surface area contributed by atoms with E-state index < -0.39 is 17.0 Å². The maximum atomic E-state index is 12.0. The van der Waals surface area contributed by atoms with Crippen LogP contribution in [0.1, 0.15) is 25.0 Å². The van der Waals surface area contributed by atoms with Gasteiger partial charge in [-0.25, -0.2) is 4.79 Å². The van der Waals surface area contributed by atoms with Gasteiger partial charge in [-0.15, -0.1) is 0 Å². The van der Waals surface area contributed by atoms with Gasteiger partial charge in [0.05, 0.1) is 12.2 Å². The molecule has 1 aromatic carbocycles. The molecule has 3 rings (SSSR count). The fraction of sp³-hybridized carbons (Fsp3) is 0.300. The van der Waals surface area contributed by atoms with Crippen LogP contribution in [0.25, 0.3) is 12.2 Å². The summed E-state index contributed by atoms with van der Waals surface area (Å²) in [5, 5.41) is 0. The zero-order valence-corrected chi connectivity index (χ0v) is 14.8. The smallest absolute Gasteiger partial charge is 0.328 e. The van der Waals surface area contributed by atoms with Crippen molar-refractivity contribution in [3.63, 3.8) is 0 Å². The first kappa shape index (κ1) is 18.1. The lowest BCUT2D eigenvalue weighted by atomic mass is 10.2. The predicted molar refractivity (Wildman–Crippen MR) is 101 cm³/mol. The average Bonchev–Trinajstić information content (AvgIpc) is 2.95. The van der Waals surface area contributed by atoms with E-state index in [1.165, 1.54) is 4.57 Å². The van der Waals surface area contributed by atoms with Crippen molar-refractivity contribution in [1.82, 2.24) is 9.55 Å². The number of nitrogens with zero attached hydrogens (tertiary/aromatic N) is 1. The number of hydrogen-bond donors (Lipinski definition) is 1. The fourth-order valence-electron chi connectivity index (χ4n) is 2.67. The van der Waals surface area contributed by atoms with Crippen LogP contribution >= 0.6 is 0 Å². The number of hydrogen-bond acceptors (Lipinski definition) is 4. The van der Waals surface area contributed by atoms with Crippen LogP contribution in [-0.2, 0) is 16.0 Å². The Bertz CT molecular complexity index is 923. The molecule has 0 aliphatic carbocycles. The van der Waals surface area contributed by atoms with Crippen molar-refractivity contribution in [2.24, 2.45) is 0 Å². The Morgan fingerprint density at radius 1 is 1.23 bits per heavy atom. The first-order chi connectivity index (χ1) is 12.4. The van der Waals surface area contributed by atoms with E-state index in [9.17, 15) is 9.59 Å². The molecule has 26 heavy (non-hydrogen) atoms. The van der Waals surface area contributed by atoms with E-state index in [2.05, 4.69) is 4.98 Å². The van der Waals surface area contributed by atoms with E-state index in [0.29, 0.717) is 18.7 Å². The molecule has 1 N–H and O–H groups in total. The van der Waals surface area contributed by atoms with Gasteiger partial charge in [0.2, 0.25) is 0 Å². The van der Waals surface area contributed by atoms with Gasteiger partial charge in [-0.2, -0.15) is 0 Å². The van der Waals surface area contributed by atoms with E-state index in [1.807, 2.05) is 62.4 Å². The topological polar surface area (TPSA) is 73.3 Å². The molecular formula is C20H22N2O4. The third-order valence-electron chi connectivity index (χ3n) is 3.98. The molecule has 1 saturated heterocycles. The van der Waals surface area contributed by atoms with Crippen LogP contribution < -0.4 is 11.2 Å². The fourth-order valence-corrected chi connectivity index (χ4v) is 2.67. The zero-order chi connectivity index (χ0) is 18.6. The number of aromatic amines is 1. The Labute approximate surface area is 151 Å². The number of rotatable bonds is 5. The van der Waals surface area contributed by atoms with Crippen molar-refractivity contribution in [3.05, 3.63) is 80.6 Å². The lowest BCUT2D eigenvalue weighted by molar-refractivity contribution is -0.133. The van der Waals surface area contributed by atoms with E-state index >= 15 is 0 Å². The molecule has 0 spiro atoms. The number of H-pyrrole nitrogens is 1. The Morgan fingerprint density at radius 3 is 2.69 bits per heavy atom. The summed E-state index contributed by atoms with van der Waals surface area (Å²) in [7, 11) is 0. The molecule has 6 nitrogen and oxygen atoms in total. The van der Waals surface area contributed by atoms with E-state index in [-0.39, 0.29) is 6.10 Å². The molecule has 1 aromatic heterocycles. The highest BCUT2D eigenvalue weighted by Crippen LogP contribution is 2.22. The third kappa shape index (κ3) is 4.68. The molecule has 0 bridgehead atoms. The largest absolute Gasteiger partial charge is 0.347 e. The normalized spacial score (nSPS) is 19.5. The Balaban J connectivity index is 1.73. The summed E-state index contributed by atoms with van der Waals surface area (Å²) in [6.45, 7) is 4.54. The monoisotopic (exact) mass is 354 g/mol. The van der Waals surface area contributed by atoms with Gasteiger partial charge in [0, 0.05) is 12.7 Å². The number of allylic oxidation sites excluding steroid dienone is 1. The first-order valence-corrected chi connectivity index (χ1v) is 8.48. The molecule has 1 aliphatic rings. The maximum Gasteiger partial charge on any atom is 0.328 e. The van der Waals surface area contributed by atoms with Gasteiger partial charge in [0.15, 0.2) is 5.79 Å². The molecule has 0 amide bonds. The van der Waals surface area contributed by atoms with Gasteiger partial charge in [0.25, 0.3) is 5.56 Å². The molecule has 1 unspecified atom stereocenters. The second-order valence-electron chi connectivity index (χ2n) is 6.54. The highest BCUT2D eigenvalue weighted by molar-refractivity contribution is 5.68. The van der Waals surface area contributed by atoms with E-state index in [0.717, 1.165) is 5.56 Å². The summed E-state index contributed by atoms with van der Waals surface area (Å²) in [6, 6.07) is 9.65. The summed E-state index contributed by atoms with van der Waals surface area (Å²) < 4.78 is 12.6. The molecule has 2 heterocycles. The quantitative estimate of drug-likeness (QED) is 0.837. The van der Waals surface area contributed by atoms with E-state index in [4.69, 9.17) is 9.47 Å². The predicted octanol–water partition coefficient (Wildman–Crippen LogP) is 2.41. The molecule has 2 aromatic rings. The molecule has 1 aliphatic heterocycles. The van der Waals surface area contributed by atoms with Crippen LogP contribution in [0.2, 0.25) is 0 Å². The minimum atomic E-state index is -0.584. The maximum absolute atomic E-state index is 12.0. The van der Waals surface area contributed by atoms with Crippen molar-refractivity contribution in [1.29, 1.82) is 0 Å². The Kier molecular flexibility index (Phi) is 5.35. The summed E-state index contributed by atoms with van der Waals surface area (Å²) in [4.78, 5) is 26.3. The van der Waals surface area contributed by atoms with Gasteiger partial charge >= 0.3 is 5.69 Å². The highest BCUT2D eigenvalue weighted by atomic mass is 16.7. The molecule has 136 valence electrons. The average molecular weight is 354 g/mol. The summed E-state index contributed by atoms with van der Waals surface area (Å²) in [5.74, 6) is -0.584.